The number of halogens is 1. The lowest BCUT2D eigenvalue weighted by Gasteiger charge is -2.03. The molecule has 0 saturated carbocycles. The summed E-state index contributed by atoms with van der Waals surface area (Å²) in [6, 6.07) is 8.86. The maximum Gasteiger partial charge on any atom is 0.0431 e. The zero-order valence-corrected chi connectivity index (χ0v) is 14.8. The van der Waals surface area contributed by atoms with Gasteiger partial charge in [0.2, 0.25) is 0 Å². The number of hydrogen-bond acceptors (Lipinski definition) is 1. The summed E-state index contributed by atoms with van der Waals surface area (Å²) in [5, 5.41) is 8.69. The zero-order chi connectivity index (χ0) is 14.5. The first-order valence-electron chi connectivity index (χ1n) is 8.18. The van der Waals surface area contributed by atoms with Crippen LogP contribution in [0.3, 0.4) is 0 Å². The molecule has 0 atom stereocenters. The number of aliphatic hydroxyl groups is 1. The Bertz CT molecular complexity index is 338. The van der Waals surface area contributed by atoms with E-state index >= 15 is 0 Å². The van der Waals surface area contributed by atoms with Gasteiger partial charge in [0, 0.05) is 10.2 Å². The van der Waals surface area contributed by atoms with Crippen LogP contribution in [0, 0.1) is 3.57 Å². The third-order valence-corrected chi connectivity index (χ3v) is 4.43. The van der Waals surface area contributed by atoms with Crippen LogP contribution < -0.4 is 0 Å². The minimum absolute atomic E-state index is 0.362. The topological polar surface area (TPSA) is 20.2 Å². The van der Waals surface area contributed by atoms with Crippen LogP contribution in [0.1, 0.15) is 69.8 Å². The van der Waals surface area contributed by atoms with Gasteiger partial charge in [-0.15, -0.1) is 0 Å². The molecule has 1 nitrogen and oxygen atoms in total. The smallest absolute Gasteiger partial charge is 0.0431 e. The van der Waals surface area contributed by atoms with Crippen LogP contribution in [-0.2, 0) is 6.42 Å². The molecular weight excluding hydrogens is 359 g/mol. The van der Waals surface area contributed by atoms with Gasteiger partial charge in [-0.1, -0.05) is 63.5 Å². The lowest BCUT2D eigenvalue weighted by atomic mass is 10.0. The maximum atomic E-state index is 8.69. The molecule has 0 amide bonds. The van der Waals surface area contributed by atoms with E-state index in [4.69, 9.17) is 5.11 Å². The third kappa shape index (κ3) is 9.76. The molecule has 20 heavy (non-hydrogen) atoms. The molecule has 0 aliphatic heterocycles. The van der Waals surface area contributed by atoms with Crippen molar-refractivity contribution in [1.29, 1.82) is 0 Å². The molecule has 1 rings (SSSR count). The van der Waals surface area contributed by atoms with Crippen molar-refractivity contribution in [1.82, 2.24) is 0 Å². The Morgan fingerprint density at radius 2 is 1.30 bits per heavy atom. The van der Waals surface area contributed by atoms with E-state index in [1.165, 1.54) is 73.3 Å². The molecule has 0 aliphatic rings. The quantitative estimate of drug-likeness (QED) is 0.358. The summed E-state index contributed by atoms with van der Waals surface area (Å²) in [7, 11) is 0. The van der Waals surface area contributed by atoms with Gasteiger partial charge < -0.3 is 5.11 Å². The third-order valence-electron chi connectivity index (χ3n) is 3.76. The van der Waals surface area contributed by atoms with Gasteiger partial charge in [0.25, 0.3) is 0 Å². The first-order chi connectivity index (χ1) is 9.83. The molecule has 0 fully saturated rings. The fourth-order valence-corrected chi connectivity index (χ4v) is 3.16. The fraction of sp³-hybridized carbons (Fsp3) is 0.667. The molecule has 0 saturated heterocycles. The van der Waals surface area contributed by atoms with Gasteiger partial charge in [0.1, 0.15) is 0 Å². The average molecular weight is 388 g/mol. The maximum absolute atomic E-state index is 8.69. The second-order valence-corrected chi connectivity index (χ2v) is 6.88. The number of rotatable bonds is 12. The van der Waals surface area contributed by atoms with Crippen molar-refractivity contribution in [3.05, 3.63) is 33.4 Å². The molecule has 0 spiro atoms. The standard InChI is InChI=1S/C18H29IO/c19-18-14-11-13-17(16-18)12-9-7-5-3-1-2-4-6-8-10-15-20/h11,13-14,16,20H,1-10,12,15H2. The highest BCUT2D eigenvalue weighted by Gasteiger charge is 1.96. The summed E-state index contributed by atoms with van der Waals surface area (Å²) in [4.78, 5) is 0. The minimum Gasteiger partial charge on any atom is -0.396 e. The minimum atomic E-state index is 0.362. The highest BCUT2D eigenvalue weighted by molar-refractivity contribution is 14.1. The van der Waals surface area contributed by atoms with E-state index in [-0.39, 0.29) is 0 Å². The van der Waals surface area contributed by atoms with Gasteiger partial charge in [0.15, 0.2) is 0 Å². The van der Waals surface area contributed by atoms with Gasteiger partial charge in [-0.25, -0.2) is 0 Å². The van der Waals surface area contributed by atoms with Crippen LogP contribution in [0.15, 0.2) is 24.3 Å². The van der Waals surface area contributed by atoms with Gasteiger partial charge in [-0.2, -0.15) is 0 Å². The fourth-order valence-electron chi connectivity index (χ4n) is 2.55. The molecule has 1 aromatic rings. The number of benzene rings is 1. The molecule has 0 radical (unpaired) electrons. The van der Waals surface area contributed by atoms with Crippen LogP contribution in [0.5, 0.6) is 0 Å². The second kappa shape index (κ2) is 12.6. The Morgan fingerprint density at radius 1 is 0.750 bits per heavy atom. The molecule has 1 N–H and O–H groups in total. The molecular formula is C18H29IO. The van der Waals surface area contributed by atoms with E-state index in [0.717, 1.165) is 6.42 Å². The Kier molecular flexibility index (Phi) is 11.3. The first kappa shape index (κ1) is 18.0. The molecule has 0 bridgehead atoms. The number of hydrogen-bond donors (Lipinski definition) is 1. The summed E-state index contributed by atoms with van der Waals surface area (Å²) in [6.07, 6.45) is 14.3. The van der Waals surface area contributed by atoms with Crippen molar-refractivity contribution >= 4 is 22.6 Å². The van der Waals surface area contributed by atoms with Crippen LogP contribution in [-0.4, -0.2) is 11.7 Å². The van der Waals surface area contributed by atoms with Crippen molar-refractivity contribution in [3.8, 4) is 0 Å². The molecule has 0 unspecified atom stereocenters. The second-order valence-electron chi connectivity index (χ2n) is 5.64. The van der Waals surface area contributed by atoms with Gasteiger partial charge >= 0.3 is 0 Å². The predicted octanol–water partition coefficient (Wildman–Crippen LogP) is 5.73. The van der Waals surface area contributed by atoms with Crippen molar-refractivity contribution < 1.29 is 5.11 Å². The Balaban J connectivity index is 1.85. The Hall–Kier alpha value is -0.0900. The van der Waals surface area contributed by atoms with Crippen molar-refractivity contribution in [3.63, 3.8) is 0 Å². The van der Waals surface area contributed by atoms with Crippen molar-refractivity contribution in [2.75, 3.05) is 6.61 Å². The summed E-state index contributed by atoms with van der Waals surface area (Å²) in [6.45, 7) is 0.362. The average Bonchev–Trinajstić information content (AvgIpc) is 2.45. The largest absolute Gasteiger partial charge is 0.396 e. The van der Waals surface area contributed by atoms with E-state index in [0.29, 0.717) is 6.61 Å². The zero-order valence-electron chi connectivity index (χ0n) is 12.6. The summed E-state index contributed by atoms with van der Waals surface area (Å²) >= 11 is 2.39. The summed E-state index contributed by atoms with van der Waals surface area (Å²) < 4.78 is 1.35. The van der Waals surface area contributed by atoms with E-state index in [1.54, 1.807) is 0 Å². The number of aliphatic hydroxyl groups excluding tert-OH is 1. The number of unbranched alkanes of at least 4 members (excludes halogenated alkanes) is 9. The van der Waals surface area contributed by atoms with Crippen molar-refractivity contribution in [2.24, 2.45) is 0 Å². The van der Waals surface area contributed by atoms with Crippen LogP contribution >= 0.6 is 22.6 Å². The molecule has 0 aromatic heterocycles. The van der Waals surface area contributed by atoms with Gasteiger partial charge in [0.05, 0.1) is 0 Å². The lowest BCUT2D eigenvalue weighted by Crippen LogP contribution is -1.87. The van der Waals surface area contributed by atoms with Crippen LogP contribution in [0.25, 0.3) is 0 Å². The van der Waals surface area contributed by atoms with Crippen molar-refractivity contribution in [2.45, 2.75) is 70.6 Å². The van der Waals surface area contributed by atoms with E-state index < -0.39 is 0 Å². The molecule has 1 aromatic carbocycles. The van der Waals surface area contributed by atoms with E-state index in [9.17, 15) is 0 Å². The monoisotopic (exact) mass is 388 g/mol. The normalized spacial score (nSPS) is 10.9. The summed E-state index contributed by atoms with van der Waals surface area (Å²) in [5.74, 6) is 0. The van der Waals surface area contributed by atoms with Crippen LogP contribution in [0.4, 0.5) is 0 Å². The molecule has 114 valence electrons. The molecule has 0 aliphatic carbocycles. The lowest BCUT2D eigenvalue weighted by molar-refractivity contribution is 0.282. The van der Waals surface area contributed by atoms with Gasteiger partial charge in [-0.3, -0.25) is 0 Å². The molecule has 2 heteroatoms. The number of aryl methyl sites for hydroxylation is 1. The first-order valence-corrected chi connectivity index (χ1v) is 9.26. The molecule has 0 heterocycles. The Morgan fingerprint density at radius 3 is 1.85 bits per heavy atom. The van der Waals surface area contributed by atoms with E-state index in [1.807, 2.05) is 0 Å². The highest BCUT2D eigenvalue weighted by atomic mass is 127. The summed E-state index contributed by atoms with van der Waals surface area (Å²) in [5.41, 5.74) is 1.49. The van der Waals surface area contributed by atoms with Gasteiger partial charge in [-0.05, 0) is 59.5 Å². The van der Waals surface area contributed by atoms with E-state index in [2.05, 4.69) is 46.9 Å². The predicted molar refractivity (Wildman–Crippen MR) is 96.1 cm³/mol. The Labute approximate surface area is 138 Å². The van der Waals surface area contributed by atoms with Crippen LogP contribution in [0.2, 0.25) is 0 Å². The SMILES string of the molecule is OCCCCCCCCCCCCc1cccc(I)c1. The highest BCUT2D eigenvalue weighted by Crippen LogP contribution is 2.14.